The lowest BCUT2D eigenvalue weighted by atomic mass is 9.85. The van der Waals surface area contributed by atoms with Gasteiger partial charge in [0.1, 0.15) is 6.10 Å². The van der Waals surface area contributed by atoms with Gasteiger partial charge in [0.2, 0.25) is 0 Å². The Morgan fingerprint density at radius 1 is 1.50 bits per heavy atom. The molecular weight excluding hydrogens is 180 g/mol. The molecule has 3 heteroatoms. The number of aliphatic hydroxyl groups excluding tert-OH is 2. The van der Waals surface area contributed by atoms with Crippen molar-refractivity contribution in [3.8, 4) is 11.8 Å². The van der Waals surface area contributed by atoms with Crippen molar-refractivity contribution in [2.45, 2.75) is 31.2 Å². The second-order valence-electron chi connectivity index (χ2n) is 3.56. The van der Waals surface area contributed by atoms with Crippen molar-refractivity contribution in [3.63, 3.8) is 0 Å². The molecule has 14 heavy (non-hydrogen) atoms. The van der Waals surface area contributed by atoms with Crippen LogP contribution in [-0.2, 0) is 0 Å². The highest BCUT2D eigenvalue weighted by Gasteiger charge is 2.37. The molecule has 76 valence electrons. The molecule has 0 saturated carbocycles. The van der Waals surface area contributed by atoms with Crippen molar-refractivity contribution >= 4 is 0 Å². The van der Waals surface area contributed by atoms with E-state index in [1.807, 2.05) is 0 Å². The van der Waals surface area contributed by atoms with E-state index in [9.17, 15) is 15.3 Å². The molecule has 0 bridgehead atoms. The summed E-state index contributed by atoms with van der Waals surface area (Å²) in [5.74, 6) is 5.13. The van der Waals surface area contributed by atoms with E-state index in [2.05, 4.69) is 18.4 Å². The fourth-order valence-electron chi connectivity index (χ4n) is 1.24. The zero-order chi connectivity index (χ0) is 10.8. The Morgan fingerprint density at radius 2 is 2.14 bits per heavy atom. The second-order valence-corrected chi connectivity index (χ2v) is 3.56. The van der Waals surface area contributed by atoms with E-state index < -0.39 is 17.8 Å². The van der Waals surface area contributed by atoms with Crippen LogP contribution in [0.15, 0.2) is 24.3 Å². The van der Waals surface area contributed by atoms with Gasteiger partial charge >= 0.3 is 0 Å². The monoisotopic (exact) mass is 194 g/mol. The molecule has 3 nitrogen and oxygen atoms in total. The third-order valence-electron chi connectivity index (χ3n) is 2.02. The van der Waals surface area contributed by atoms with Gasteiger partial charge in [0, 0.05) is 6.42 Å². The number of hydrogen-bond acceptors (Lipinski definition) is 3. The quantitative estimate of drug-likeness (QED) is 0.375. The summed E-state index contributed by atoms with van der Waals surface area (Å²) in [7, 11) is 0. The predicted molar refractivity (Wildman–Crippen MR) is 53.3 cm³/mol. The summed E-state index contributed by atoms with van der Waals surface area (Å²) in [4.78, 5) is 0. The van der Waals surface area contributed by atoms with Gasteiger partial charge in [-0.2, -0.15) is 0 Å². The van der Waals surface area contributed by atoms with Gasteiger partial charge in [-0.25, -0.2) is 0 Å². The number of aliphatic hydroxyl groups is 3. The van der Waals surface area contributed by atoms with Crippen LogP contribution in [0.1, 0.15) is 13.3 Å². The van der Waals surface area contributed by atoms with Crippen LogP contribution < -0.4 is 0 Å². The molecule has 3 atom stereocenters. The van der Waals surface area contributed by atoms with Crippen LogP contribution in [0.5, 0.6) is 0 Å². The molecule has 1 rings (SSSR count). The lowest BCUT2D eigenvalue weighted by molar-refractivity contribution is -0.0401. The Balaban J connectivity index is 2.89. The molecule has 0 aromatic rings. The van der Waals surface area contributed by atoms with Gasteiger partial charge in [0.15, 0.2) is 5.60 Å². The van der Waals surface area contributed by atoms with E-state index in [1.54, 1.807) is 6.92 Å². The van der Waals surface area contributed by atoms with E-state index in [1.165, 1.54) is 12.2 Å². The molecule has 1 aliphatic rings. The molecule has 0 fully saturated rings. The lowest BCUT2D eigenvalue weighted by Crippen LogP contribution is -2.45. The largest absolute Gasteiger partial charge is 0.389 e. The summed E-state index contributed by atoms with van der Waals surface area (Å²) in [5.41, 5.74) is -0.956. The van der Waals surface area contributed by atoms with Crippen molar-refractivity contribution in [2.75, 3.05) is 0 Å². The maximum atomic E-state index is 9.88. The highest BCUT2D eigenvalue weighted by molar-refractivity contribution is 5.32. The van der Waals surface area contributed by atoms with Crippen molar-refractivity contribution in [1.29, 1.82) is 0 Å². The standard InChI is InChI=1S/C11H14O3/c1-8(2)5-6-11(14)7-9(12)3-4-10(11)13/h3-4,9-10,12-14H,1,7H2,2H3. The summed E-state index contributed by atoms with van der Waals surface area (Å²) in [6, 6.07) is 0. The topological polar surface area (TPSA) is 60.7 Å². The van der Waals surface area contributed by atoms with Crippen molar-refractivity contribution in [1.82, 2.24) is 0 Å². The molecule has 3 N–H and O–H groups in total. The van der Waals surface area contributed by atoms with Gasteiger partial charge in [0.05, 0.1) is 6.10 Å². The molecule has 0 radical (unpaired) electrons. The molecule has 3 unspecified atom stereocenters. The Kier molecular flexibility index (Phi) is 3.12. The highest BCUT2D eigenvalue weighted by atomic mass is 16.3. The van der Waals surface area contributed by atoms with Gasteiger partial charge in [-0.1, -0.05) is 30.6 Å². The normalized spacial score (nSPS) is 36.0. The van der Waals surface area contributed by atoms with Crippen LogP contribution in [0.4, 0.5) is 0 Å². The zero-order valence-corrected chi connectivity index (χ0v) is 8.07. The van der Waals surface area contributed by atoms with Crippen LogP contribution in [0.3, 0.4) is 0 Å². The molecule has 0 amide bonds. The van der Waals surface area contributed by atoms with E-state index in [4.69, 9.17) is 0 Å². The Hall–Kier alpha value is -1.08. The Bertz CT molecular complexity index is 321. The van der Waals surface area contributed by atoms with Crippen LogP contribution >= 0.6 is 0 Å². The third kappa shape index (κ3) is 2.46. The molecule has 0 heterocycles. The molecule has 0 aromatic heterocycles. The van der Waals surface area contributed by atoms with Gasteiger partial charge < -0.3 is 15.3 Å². The average molecular weight is 194 g/mol. The van der Waals surface area contributed by atoms with Gasteiger partial charge in [-0.3, -0.25) is 0 Å². The van der Waals surface area contributed by atoms with E-state index in [0.29, 0.717) is 5.57 Å². The summed E-state index contributed by atoms with van der Waals surface area (Å²) in [5, 5.41) is 28.6. The number of allylic oxidation sites excluding steroid dienone is 1. The third-order valence-corrected chi connectivity index (χ3v) is 2.02. The summed E-state index contributed by atoms with van der Waals surface area (Å²) < 4.78 is 0. The highest BCUT2D eigenvalue weighted by Crippen LogP contribution is 2.23. The predicted octanol–water partition coefficient (Wildman–Crippen LogP) is -0.0213. The smallest absolute Gasteiger partial charge is 0.157 e. The Labute approximate surface area is 83.4 Å². The fourth-order valence-corrected chi connectivity index (χ4v) is 1.24. The fraction of sp³-hybridized carbons (Fsp3) is 0.455. The van der Waals surface area contributed by atoms with E-state index in [0.717, 1.165) is 0 Å². The van der Waals surface area contributed by atoms with E-state index >= 15 is 0 Å². The Morgan fingerprint density at radius 3 is 2.71 bits per heavy atom. The molecule has 0 saturated heterocycles. The van der Waals surface area contributed by atoms with Crippen LogP contribution in [0, 0.1) is 11.8 Å². The zero-order valence-electron chi connectivity index (χ0n) is 8.07. The maximum absolute atomic E-state index is 9.88. The summed E-state index contributed by atoms with van der Waals surface area (Å²) >= 11 is 0. The minimum absolute atomic E-state index is 0.0188. The van der Waals surface area contributed by atoms with Gasteiger partial charge in [-0.15, -0.1) is 0 Å². The SMILES string of the molecule is C=C(C)C#CC1(O)CC(O)C=CC1O. The van der Waals surface area contributed by atoms with Gasteiger partial charge in [0.25, 0.3) is 0 Å². The number of rotatable bonds is 0. The first-order valence-corrected chi connectivity index (χ1v) is 4.39. The first-order chi connectivity index (χ1) is 6.44. The van der Waals surface area contributed by atoms with Crippen LogP contribution in [-0.4, -0.2) is 33.1 Å². The van der Waals surface area contributed by atoms with Crippen LogP contribution in [0.2, 0.25) is 0 Å². The number of hydrogen-bond donors (Lipinski definition) is 3. The molecule has 0 spiro atoms. The molecule has 0 aliphatic heterocycles. The summed E-state index contributed by atoms with van der Waals surface area (Å²) in [6.07, 6.45) is 0.994. The minimum atomic E-state index is -1.56. The first kappa shape index (κ1) is 11.0. The average Bonchev–Trinajstić information content (AvgIpc) is 2.09. The minimum Gasteiger partial charge on any atom is -0.389 e. The molecular formula is C11H14O3. The van der Waals surface area contributed by atoms with Crippen molar-refractivity contribution < 1.29 is 15.3 Å². The maximum Gasteiger partial charge on any atom is 0.157 e. The van der Waals surface area contributed by atoms with Crippen molar-refractivity contribution in [2.24, 2.45) is 0 Å². The first-order valence-electron chi connectivity index (χ1n) is 4.39. The molecule has 0 aromatic carbocycles. The lowest BCUT2D eigenvalue weighted by Gasteiger charge is -2.31. The second kappa shape index (κ2) is 3.97. The molecule has 1 aliphatic carbocycles. The van der Waals surface area contributed by atoms with E-state index in [-0.39, 0.29) is 6.42 Å². The summed E-state index contributed by atoms with van der Waals surface area (Å²) in [6.45, 7) is 5.27. The van der Waals surface area contributed by atoms with Gasteiger partial charge in [-0.05, 0) is 12.5 Å². The van der Waals surface area contributed by atoms with Crippen LogP contribution in [0.25, 0.3) is 0 Å². The van der Waals surface area contributed by atoms with Crippen molar-refractivity contribution in [3.05, 3.63) is 24.3 Å².